The van der Waals surface area contributed by atoms with Crippen molar-refractivity contribution in [1.82, 2.24) is 9.62 Å². The van der Waals surface area contributed by atoms with Crippen molar-refractivity contribution in [1.29, 1.82) is 0 Å². The Hall–Kier alpha value is -2.78. The molecule has 0 aliphatic carbocycles. The number of methoxy groups -OCH3 is 3. The lowest BCUT2D eigenvalue weighted by Gasteiger charge is -2.18. The number of rotatable bonds is 9. The highest BCUT2D eigenvalue weighted by molar-refractivity contribution is 7.89. The van der Waals surface area contributed by atoms with E-state index in [2.05, 4.69) is 5.32 Å². The zero-order chi connectivity index (χ0) is 22.4. The molecule has 1 N–H and O–H groups in total. The molecule has 168 valence electrons. The molecule has 3 rings (SSSR count). The smallest absolute Gasteiger partial charge is 0.251 e. The van der Waals surface area contributed by atoms with Gasteiger partial charge in [0, 0.05) is 25.2 Å². The van der Waals surface area contributed by atoms with Gasteiger partial charge in [-0.3, -0.25) is 4.79 Å². The van der Waals surface area contributed by atoms with Crippen LogP contribution in [0.4, 0.5) is 0 Å². The highest BCUT2D eigenvalue weighted by Crippen LogP contribution is 2.30. The Kier molecular flexibility index (Phi) is 7.40. The average molecular weight is 449 g/mol. The van der Waals surface area contributed by atoms with Gasteiger partial charge in [-0.15, -0.1) is 0 Å². The fraction of sp³-hybridized carbons (Fsp3) is 0.409. The molecule has 1 heterocycles. The van der Waals surface area contributed by atoms with E-state index in [4.69, 9.17) is 14.2 Å². The third-order valence-corrected chi connectivity index (χ3v) is 7.20. The normalized spacial score (nSPS) is 14.3. The number of ether oxygens (including phenoxy) is 3. The lowest BCUT2D eigenvalue weighted by Crippen LogP contribution is -2.29. The molecule has 1 saturated heterocycles. The number of carbonyl (C=O) groups is 1. The van der Waals surface area contributed by atoms with Crippen LogP contribution in [-0.4, -0.2) is 59.6 Å². The highest BCUT2D eigenvalue weighted by Gasteiger charge is 2.30. The van der Waals surface area contributed by atoms with Crippen LogP contribution in [0, 0.1) is 0 Å². The number of carbonyl (C=O) groups excluding carboxylic acids is 1. The number of sulfonamides is 1. The summed E-state index contributed by atoms with van der Waals surface area (Å²) < 4.78 is 43.3. The lowest BCUT2D eigenvalue weighted by atomic mass is 10.1. The van der Waals surface area contributed by atoms with Gasteiger partial charge in [0.2, 0.25) is 10.0 Å². The first-order valence-electron chi connectivity index (χ1n) is 10.1. The predicted molar refractivity (Wildman–Crippen MR) is 117 cm³/mol. The zero-order valence-corrected chi connectivity index (χ0v) is 18.8. The molecule has 9 heteroatoms. The molecule has 0 atom stereocenters. The average Bonchev–Trinajstić information content (AvgIpc) is 3.34. The Morgan fingerprint density at radius 1 is 0.968 bits per heavy atom. The van der Waals surface area contributed by atoms with Gasteiger partial charge in [-0.1, -0.05) is 0 Å². The van der Waals surface area contributed by atoms with Crippen molar-refractivity contribution in [3.8, 4) is 17.2 Å². The Labute approximate surface area is 183 Å². The molecule has 0 saturated carbocycles. The van der Waals surface area contributed by atoms with Gasteiger partial charge >= 0.3 is 0 Å². The van der Waals surface area contributed by atoms with Crippen LogP contribution < -0.4 is 19.5 Å². The van der Waals surface area contributed by atoms with Crippen LogP contribution in [0.15, 0.2) is 41.3 Å². The van der Waals surface area contributed by atoms with Gasteiger partial charge in [0.1, 0.15) is 22.1 Å². The van der Waals surface area contributed by atoms with Crippen molar-refractivity contribution in [3.05, 3.63) is 47.5 Å². The SMILES string of the molecule is COc1ccc(OC)c(CCNC(=O)c2ccc(OC)c(S(=O)(=O)N3CCCC3)c2)c1. The van der Waals surface area contributed by atoms with E-state index in [1.165, 1.54) is 23.5 Å². The molecule has 1 fully saturated rings. The zero-order valence-electron chi connectivity index (χ0n) is 18.0. The molecule has 2 aromatic carbocycles. The van der Waals surface area contributed by atoms with E-state index in [1.807, 2.05) is 12.1 Å². The minimum absolute atomic E-state index is 0.0130. The van der Waals surface area contributed by atoms with Crippen LogP contribution in [0.25, 0.3) is 0 Å². The monoisotopic (exact) mass is 448 g/mol. The third kappa shape index (κ3) is 5.11. The Morgan fingerprint density at radius 3 is 2.29 bits per heavy atom. The number of nitrogens with zero attached hydrogens (tertiary/aromatic N) is 1. The van der Waals surface area contributed by atoms with Crippen LogP contribution >= 0.6 is 0 Å². The van der Waals surface area contributed by atoms with Crippen LogP contribution in [0.1, 0.15) is 28.8 Å². The van der Waals surface area contributed by atoms with Crippen molar-refractivity contribution in [2.24, 2.45) is 0 Å². The van der Waals surface area contributed by atoms with Crippen molar-refractivity contribution in [2.75, 3.05) is 41.0 Å². The van der Waals surface area contributed by atoms with E-state index in [-0.39, 0.29) is 22.1 Å². The van der Waals surface area contributed by atoms with E-state index >= 15 is 0 Å². The van der Waals surface area contributed by atoms with Gasteiger partial charge in [0.15, 0.2) is 0 Å². The quantitative estimate of drug-likeness (QED) is 0.633. The fourth-order valence-electron chi connectivity index (χ4n) is 3.58. The van der Waals surface area contributed by atoms with E-state index in [0.29, 0.717) is 37.6 Å². The van der Waals surface area contributed by atoms with E-state index in [0.717, 1.165) is 18.4 Å². The number of hydrogen-bond donors (Lipinski definition) is 1. The maximum Gasteiger partial charge on any atom is 0.251 e. The molecule has 0 spiro atoms. The van der Waals surface area contributed by atoms with Crippen molar-refractivity contribution < 1.29 is 27.4 Å². The van der Waals surface area contributed by atoms with Crippen molar-refractivity contribution >= 4 is 15.9 Å². The Bertz CT molecular complexity index is 1030. The molecule has 1 aliphatic heterocycles. The van der Waals surface area contributed by atoms with Crippen LogP contribution in [0.3, 0.4) is 0 Å². The molecule has 0 aromatic heterocycles. The second-order valence-corrected chi connectivity index (χ2v) is 9.07. The molecule has 2 aromatic rings. The highest BCUT2D eigenvalue weighted by atomic mass is 32.2. The molecule has 1 amide bonds. The largest absolute Gasteiger partial charge is 0.497 e. The second-order valence-electron chi connectivity index (χ2n) is 7.16. The molecular formula is C22H28N2O6S. The Balaban J connectivity index is 1.74. The minimum Gasteiger partial charge on any atom is -0.497 e. The first-order valence-corrected chi connectivity index (χ1v) is 11.5. The van der Waals surface area contributed by atoms with Crippen molar-refractivity contribution in [3.63, 3.8) is 0 Å². The van der Waals surface area contributed by atoms with Gasteiger partial charge in [-0.25, -0.2) is 8.42 Å². The van der Waals surface area contributed by atoms with E-state index in [1.54, 1.807) is 26.4 Å². The standard InChI is InChI=1S/C22H28N2O6S/c1-28-18-7-9-19(29-2)16(14-18)10-11-23-22(25)17-6-8-20(30-3)21(15-17)31(26,27)24-12-4-5-13-24/h6-9,14-15H,4-5,10-13H2,1-3H3,(H,23,25). The molecule has 1 aliphatic rings. The summed E-state index contributed by atoms with van der Waals surface area (Å²) in [6.07, 6.45) is 2.19. The minimum atomic E-state index is -3.72. The summed E-state index contributed by atoms with van der Waals surface area (Å²) in [7, 11) is 0.872. The van der Waals surface area contributed by atoms with Crippen LogP contribution in [-0.2, 0) is 16.4 Å². The third-order valence-electron chi connectivity index (χ3n) is 5.28. The molecule has 0 radical (unpaired) electrons. The number of nitrogens with one attached hydrogen (secondary N) is 1. The second kappa shape index (κ2) is 10.0. The van der Waals surface area contributed by atoms with Crippen LogP contribution in [0.2, 0.25) is 0 Å². The molecular weight excluding hydrogens is 420 g/mol. The van der Waals surface area contributed by atoms with Crippen LogP contribution in [0.5, 0.6) is 17.2 Å². The first kappa shape index (κ1) is 22.9. The number of benzene rings is 2. The van der Waals surface area contributed by atoms with Gasteiger partial charge in [-0.2, -0.15) is 4.31 Å². The summed E-state index contributed by atoms with van der Waals surface area (Å²) in [4.78, 5) is 12.7. The molecule has 0 unspecified atom stereocenters. The Morgan fingerprint density at radius 2 is 1.65 bits per heavy atom. The maximum absolute atomic E-state index is 13.0. The molecule has 0 bridgehead atoms. The summed E-state index contributed by atoms with van der Waals surface area (Å²) in [6.45, 7) is 1.30. The van der Waals surface area contributed by atoms with E-state index in [9.17, 15) is 13.2 Å². The lowest BCUT2D eigenvalue weighted by molar-refractivity contribution is 0.0953. The summed E-state index contributed by atoms with van der Waals surface area (Å²) in [5.41, 5.74) is 1.16. The van der Waals surface area contributed by atoms with Gasteiger partial charge < -0.3 is 19.5 Å². The number of amides is 1. The summed E-state index contributed by atoms with van der Waals surface area (Å²) in [5.74, 6) is 1.28. The molecule has 31 heavy (non-hydrogen) atoms. The topological polar surface area (TPSA) is 94.2 Å². The summed E-state index contributed by atoms with van der Waals surface area (Å²) in [5, 5.41) is 2.84. The molecule has 8 nitrogen and oxygen atoms in total. The fourth-order valence-corrected chi connectivity index (χ4v) is 5.28. The van der Waals surface area contributed by atoms with Crippen molar-refractivity contribution in [2.45, 2.75) is 24.2 Å². The van der Waals surface area contributed by atoms with Gasteiger partial charge in [0.25, 0.3) is 5.91 Å². The summed E-state index contributed by atoms with van der Waals surface area (Å²) >= 11 is 0. The predicted octanol–water partition coefficient (Wildman–Crippen LogP) is 2.47. The van der Waals surface area contributed by atoms with E-state index < -0.39 is 10.0 Å². The maximum atomic E-state index is 13.0. The van der Waals surface area contributed by atoms with Gasteiger partial charge in [0.05, 0.1) is 21.3 Å². The number of hydrogen-bond acceptors (Lipinski definition) is 6. The summed E-state index contributed by atoms with van der Waals surface area (Å²) in [6, 6.07) is 9.94. The first-order chi connectivity index (χ1) is 14.9. The van der Waals surface area contributed by atoms with Gasteiger partial charge in [-0.05, 0) is 61.2 Å².